The van der Waals surface area contributed by atoms with E-state index < -0.39 is 11.7 Å². The molecule has 0 fully saturated rings. The number of hydrogen-bond acceptors (Lipinski definition) is 2. The second kappa shape index (κ2) is 3.00. The standard InChI is InChI=1S/C11H7NO2/c1-2-7-12-9-6-4-3-5-8(9)10(13)11(12)14/h3-6H,1H3. The number of rotatable bonds is 0. The van der Waals surface area contributed by atoms with Crippen LogP contribution in [0, 0.1) is 12.0 Å². The lowest BCUT2D eigenvalue weighted by atomic mass is 10.1. The van der Waals surface area contributed by atoms with Gasteiger partial charge >= 0.3 is 5.91 Å². The number of carbonyl (C=O) groups is 2. The average Bonchev–Trinajstić information content (AvgIpc) is 2.45. The van der Waals surface area contributed by atoms with E-state index in [4.69, 9.17) is 0 Å². The Hall–Kier alpha value is -2.08. The Balaban J connectivity index is 2.62. The predicted molar refractivity (Wildman–Crippen MR) is 51.7 cm³/mol. The SMILES string of the molecule is CC#CN1C(=O)C(=O)c2ccccc21. The maximum absolute atomic E-state index is 11.4. The van der Waals surface area contributed by atoms with Gasteiger partial charge in [-0.15, -0.1) is 0 Å². The molecule has 1 aromatic carbocycles. The summed E-state index contributed by atoms with van der Waals surface area (Å²) in [6.45, 7) is 1.62. The number of hydrogen-bond donors (Lipinski definition) is 0. The van der Waals surface area contributed by atoms with Crippen molar-refractivity contribution in [3.05, 3.63) is 29.8 Å². The molecule has 1 aromatic rings. The summed E-state index contributed by atoms with van der Waals surface area (Å²) in [5.41, 5.74) is 1.01. The lowest BCUT2D eigenvalue weighted by Crippen LogP contribution is -2.24. The van der Waals surface area contributed by atoms with Crippen molar-refractivity contribution in [1.29, 1.82) is 0 Å². The summed E-state index contributed by atoms with van der Waals surface area (Å²) in [4.78, 5) is 24.0. The van der Waals surface area contributed by atoms with Gasteiger partial charge in [-0.3, -0.25) is 9.59 Å². The number of para-hydroxylation sites is 1. The van der Waals surface area contributed by atoms with Gasteiger partial charge in [0.25, 0.3) is 5.78 Å². The molecule has 3 heteroatoms. The third kappa shape index (κ3) is 1.01. The van der Waals surface area contributed by atoms with Crippen molar-refractivity contribution in [2.45, 2.75) is 6.92 Å². The summed E-state index contributed by atoms with van der Waals surface area (Å²) < 4.78 is 0. The summed E-state index contributed by atoms with van der Waals surface area (Å²) in [7, 11) is 0. The number of Topliss-reactive ketones (excluding diaryl/α,β-unsaturated/α-hetero) is 1. The third-order valence-corrected chi connectivity index (χ3v) is 2.01. The van der Waals surface area contributed by atoms with E-state index in [0.29, 0.717) is 11.3 Å². The van der Waals surface area contributed by atoms with Crippen LogP contribution in [0.4, 0.5) is 5.69 Å². The van der Waals surface area contributed by atoms with Gasteiger partial charge in [-0.1, -0.05) is 18.1 Å². The molecule has 0 radical (unpaired) electrons. The average molecular weight is 185 g/mol. The number of anilines is 1. The van der Waals surface area contributed by atoms with Gasteiger partial charge in [-0.25, -0.2) is 4.90 Å². The molecule has 1 aliphatic heterocycles. The van der Waals surface area contributed by atoms with Crippen molar-refractivity contribution < 1.29 is 9.59 Å². The first-order chi connectivity index (χ1) is 6.75. The molecule has 0 aliphatic carbocycles. The molecule has 0 spiro atoms. The van der Waals surface area contributed by atoms with Gasteiger partial charge in [-0.2, -0.15) is 0 Å². The molecular formula is C11H7NO2. The molecule has 0 saturated carbocycles. The maximum atomic E-state index is 11.4. The van der Waals surface area contributed by atoms with Gasteiger partial charge in [0.1, 0.15) is 0 Å². The zero-order chi connectivity index (χ0) is 10.1. The molecule has 1 amide bonds. The van der Waals surface area contributed by atoms with Crippen molar-refractivity contribution in [1.82, 2.24) is 0 Å². The zero-order valence-corrected chi connectivity index (χ0v) is 7.57. The van der Waals surface area contributed by atoms with E-state index in [9.17, 15) is 9.59 Å². The summed E-state index contributed by atoms with van der Waals surface area (Å²) in [5.74, 6) is 1.55. The monoisotopic (exact) mass is 185 g/mol. The van der Waals surface area contributed by atoms with E-state index >= 15 is 0 Å². The van der Waals surface area contributed by atoms with Crippen LogP contribution in [0.15, 0.2) is 24.3 Å². The van der Waals surface area contributed by atoms with Crippen LogP contribution in [0.5, 0.6) is 0 Å². The van der Waals surface area contributed by atoms with Gasteiger partial charge in [-0.05, 0) is 19.1 Å². The molecule has 0 saturated heterocycles. The van der Waals surface area contributed by atoms with E-state index in [1.165, 1.54) is 4.90 Å². The Kier molecular flexibility index (Phi) is 1.83. The lowest BCUT2D eigenvalue weighted by Gasteiger charge is -2.05. The number of ketones is 1. The Bertz CT molecular complexity index is 480. The Labute approximate surface area is 81.3 Å². The fraction of sp³-hybridized carbons (Fsp3) is 0.0909. The van der Waals surface area contributed by atoms with Crippen LogP contribution in [0.3, 0.4) is 0 Å². The first-order valence-electron chi connectivity index (χ1n) is 4.16. The van der Waals surface area contributed by atoms with Crippen LogP contribution in [0.2, 0.25) is 0 Å². The van der Waals surface area contributed by atoms with Gasteiger partial charge in [0, 0.05) is 6.04 Å². The molecule has 0 atom stereocenters. The number of fused-ring (bicyclic) bond motifs is 1. The molecule has 68 valence electrons. The van der Waals surface area contributed by atoms with Gasteiger partial charge < -0.3 is 0 Å². The van der Waals surface area contributed by atoms with Crippen LogP contribution in [0.1, 0.15) is 17.3 Å². The number of nitrogens with zero attached hydrogens (tertiary/aromatic N) is 1. The summed E-state index contributed by atoms with van der Waals surface area (Å²) in [6, 6.07) is 9.44. The lowest BCUT2D eigenvalue weighted by molar-refractivity contribution is -0.113. The van der Waals surface area contributed by atoms with Crippen LogP contribution < -0.4 is 4.90 Å². The van der Waals surface area contributed by atoms with Crippen molar-refractivity contribution in [3.8, 4) is 12.0 Å². The summed E-state index contributed by atoms with van der Waals surface area (Å²) in [5, 5.41) is 0. The molecule has 1 aliphatic rings. The van der Waals surface area contributed by atoms with Gasteiger partial charge in [0.2, 0.25) is 0 Å². The molecule has 0 bridgehead atoms. The highest BCUT2D eigenvalue weighted by Crippen LogP contribution is 2.27. The fourth-order valence-electron chi connectivity index (χ4n) is 1.41. The topological polar surface area (TPSA) is 37.4 Å². The van der Waals surface area contributed by atoms with Crippen molar-refractivity contribution >= 4 is 17.4 Å². The van der Waals surface area contributed by atoms with E-state index in [1.54, 1.807) is 31.2 Å². The highest BCUT2D eigenvalue weighted by atomic mass is 16.2. The van der Waals surface area contributed by atoms with E-state index in [0.717, 1.165) is 0 Å². The first kappa shape index (κ1) is 8.52. The van der Waals surface area contributed by atoms with Crippen LogP contribution >= 0.6 is 0 Å². The second-order valence-electron chi connectivity index (χ2n) is 2.85. The van der Waals surface area contributed by atoms with Gasteiger partial charge in [0.15, 0.2) is 0 Å². The molecular weight excluding hydrogens is 178 g/mol. The molecule has 14 heavy (non-hydrogen) atoms. The van der Waals surface area contributed by atoms with Crippen molar-refractivity contribution in [2.75, 3.05) is 4.90 Å². The van der Waals surface area contributed by atoms with E-state index in [1.807, 2.05) is 0 Å². The smallest absolute Gasteiger partial charge is 0.283 e. The normalized spacial score (nSPS) is 13.6. The Morgan fingerprint density at radius 3 is 2.64 bits per heavy atom. The van der Waals surface area contributed by atoms with Crippen LogP contribution in [-0.4, -0.2) is 11.7 Å². The minimum absolute atomic E-state index is 0.431. The van der Waals surface area contributed by atoms with Crippen LogP contribution in [0.25, 0.3) is 0 Å². The number of benzene rings is 1. The highest BCUT2D eigenvalue weighted by molar-refractivity contribution is 6.53. The molecule has 0 aromatic heterocycles. The summed E-state index contributed by atoms with van der Waals surface area (Å²) in [6.07, 6.45) is 0. The van der Waals surface area contributed by atoms with Crippen molar-refractivity contribution in [3.63, 3.8) is 0 Å². The largest absolute Gasteiger partial charge is 0.311 e. The van der Waals surface area contributed by atoms with Crippen molar-refractivity contribution in [2.24, 2.45) is 0 Å². The molecule has 0 N–H and O–H groups in total. The molecule has 1 heterocycles. The minimum Gasteiger partial charge on any atom is -0.283 e. The molecule has 0 unspecified atom stereocenters. The fourth-order valence-corrected chi connectivity index (χ4v) is 1.41. The highest BCUT2D eigenvalue weighted by Gasteiger charge is 2.34. The quantitative estimate of drug-likeness (QED) is 0.450. The Morgan fingerprint density at radius 1 is 1.21 bits per heavy atom. The van der Waals surface area contributed by atoms with Gasteiger partial charge in [0.05, 0.1) is 11.3 Å². The van der Waals surface area contributed by atoms with E-state index in [2.05, 4.69) is 12.0 Å². The number of amides is 1. The third-order valence-electron chi connectivity index (χ3n) is 2.01. The van der Waals surface area contributed by atoms with Crippen LogP contribution in [-0.2, 0) is 4.79 Å². The molecule has 3 nitrogen and oxygen atoms in total. The maximum Gasteiger partial charge on any atom is 0.311 e. The van der Waals surface area contributed by atoms with E-state index in [-0.39, 0.29) is 0 Å². The second-order valence-corrected chi connectivity index (χ2v) is 2.85. The zero-order valence-electron chi connectivity index (χ0n) is 7.57. The summed E-state index contributed by atoms with van der Waals surface area (Å²) >= 11 is 0. The Morgan fingerprint density at radius 2 is 1.93 bits per heavy atom. The molecule has 2 rings (SSSR count). The minimum atomic E-state index is -0.569. The predicted octanol–water partition coefficient (Wildman–Crippen LogP) is 1.20. The first-order valence-corrected chi connectivity index (χ1v) is 4.16. The number of carbonyl (C=O) groups excluding carboxylic acids is 2.